The molecule has 1 unspecified atom stereocenters. The highest BCUT2D eigenvalue weighted by Crippen LogP contribution is 2.39. The number of amides is 2. The number of rotatable bonds is 12. The van der Waals surface area contributed by atoms with Crippen LogP contribution in [0.1, 0.15) is 95.9 Å². The van der Waals surface area contributed by atoms with E-state index in [2.05, 4.69) is 17.6 Å². The third-order valence-corrected chi connectivity index (χ3v) is 8.66. The van der Waals surface area contributed by atoms with Gasteiger partial charge in [0.1, 0.15) is 5.00 Å². The molecule has 1 aliphatic heterocycles. The molecule has 0 spiro atoms. The summed E-state index contributed by atoms with van der Waals surface area (Å²) in [6, 6.07) is 3.14. The number of carbonyl (C=O) groups is 2. The monoisotopic (exact) mass is 566 g/mol. The molecule has 9 heteroatoms. The van der Waals surface area contributed by atoms with Gasteiger partial charge in [-0.2, -0.15) is 0 Å². The molecular formula is C28H36Cl2N2O4S. The number of thiophene rings is 1. The number of unbranched alkanes of at least 4 members (excludes halogenated alkanes) is 4. The van der Waals surface area contributed by atoms with E-state index in [4.69, 9.17) is 32.7 Å². The summed E-state index contributed by atoms with van der Waals surface area (Å²) in [4.78, 5) is 27.6. The van der Waals surface area contributed by atoms with Gasteiger partial charge in [-0.25, -0.2) is 0 Å². The smallest absolute Gasteiger partial charge is 0.256 e. The molecule has 202 valence electrons. The summed E-state index contributed by atoms with van der Waals surface area (Å²) < 4.78 is 11.5. The SMILES string of the molecule is CCCCCCCOc1c(Cl)cc(C(=O)Nc2sc3c(c2C(=O)NCC2CCCO2)CCCC3)cc1Cl. The van der Waals surface area contributed by atoms with E-state index in [1.807, 2.05) is 0 Å². The maximum Gasteiger partial charge on any atom is 0.256 e. The number of benzene rings is 1. The Morgan fingerprint density at radius 3 is 2.54 bits per heavy atom. The predicted molar refractivity (Wildman–Crippen MR) is 151 cm³/mol. The average molecular weight is 568 g/mol. The molecule has 2 N–H and O–H groups in total. The highest BCUT2D eigenvalue weighted by atomic mass is 35.5. The van der Waals surface area contributed by atoms with Gasteiger partial charge in [0.25, 0.3) is 11.8 Å². The fourth-order valence-electron chi connectivity index (χ4n) is 4.88. The van der Waals surface area contributed by atoms with Crippen molar-refractivity contribution in [1.29, 1.82) is 0 Å². The number of anilines is 1. The predicted octanol–water partition coefficient (Wildman–Crippen LogP) is 7.44. The molecule has 1 saturated heterocycles. The zero-order valence-corrected chi connectivity index (χ0v) is 23.8. The molecule has 1 aromatic carbocycles. The van der Waals surface area contributed by atoms with Crippen LogP contribution >= 0.6 is 34.5 Å². The zero-order chi connectivity index (χ0) is 26.2. The summed E-state index contributed by atoms with van der Waals surface area (Å²) in [6.45, 7) is 3.92. The summed E-state index contributed by atoms with van der Waals surface area (Å²) in [6.07, 6.45) is 11.5. The van der Waals surface area contributed by atoms with Crippen molar-refractivity contribution in [1.82, 2.24) is 5.32 Å². The molecule has 1 fully saturated rings. The molecular weight excluding hydrogens is 531 g/mol. The molecule has 1 aromatic heterocycles. The van der Waals surface area contributed by atoms with Crippen molar-refractivity contribution in [3.63, 3.8) is 0 Å². The van der Waals surface area contributed by atoms with Crippen molar-refractivity contribution in [2.45, 2.75) is 83.7 Å². The molecule has 1 atom stereocenters. The van der Waals surface area contributed by atoms with E-state index in [-0.39, 0.29) is 17.9 Å². The third-order valence-electron chi connectivity index (χ3n) is 6.89. The highest BCUT2D eigenvalue weighted by molar-refractivity contribution is 7.17. The van der Waals surface area contributed by atoms with E-state index >= 15 is 0 Å². The van der Waals surface area contributed by atoms with Crippen LogP contribution in [-0.4, -0.2) is 37.7 Å². The molecule has 2 amide bonds. The quantitative estimate of drug-likeness (QED) is 0.261. The minimum atomic E-state index is -0.360. The second-order valence-corrected chi connectivity index (χ2v) is 11.7. The molecule has 2 aliphatic rings. The van der Waals surface area contributed by atoms with Gasteiger partial charge in [-0.15, -0.1) is 11.3 Å². The Bertz CT molecular complexity index is 1080. The first kappa shape index (κ1) is 28.2. The van der Waals surface area contributed by atoms with Gasteiger partial charge in [0.2, 0.25) is 0 Å². The van der Waals surface area contributed by atoms with E-state index in [1.54, 1.807) is 12.1 Å². The van der Waals surface area contributed by atoms with Crippen LogP contribution in [0, 0.1) is 0 Å². The van der Waals surface area contributed by atoms with Gasteiger partial charge in [-0.3, -0.25) is 9.59 Å². The van der Waals surface area contributed by atoms with Gasteiger partial charge in [0.15, 0.2) is 5.75 Å². The Morgan fingerprint density at radius 1 is 1.05 bits per heavy atom. The van der Waals surface area contributed by atoms with Crippen molar-refractivity contribution in [2.24, 2.45) is 0 Å². The summed E-state index contributed by atoms with van der Waals surface area (Å²) >= 11 is 14.4. The van der Waals surface area contributed by atoms with Gasteiger partial charge >= 0.3 is 0 Å². The van der Waals surface area contributed by atoms with Crippen LogP contribution in [0.25, 0.3) is 0 Å². The molecule has 0 saturated carbocycles. The van der Waals surface area contributed by atoms with Crippen molar-refractivity contribution < 1.29 is 19.1 Å². The number of ether oxygens (including phenoxy) is 2. The van der Waals surface area contributed by atoms with Gasteiger partial charge < -0.3 is 20.1 Å². The lowest BCUT2D eigenvalue weighted by Gasteiger charge is -2.15. The summed E-state index contributed by atoms with van der Waals surface area (Å²) in [7, 11) is 0. The van der Waals surface area contributed by atoms with Gasteiger partial charge in [-0.1, -0.05) is 55.8 Å². The molecule has 0 radical (unpaired) electrons. The highest BCUT2D eigenvalue weighted by Gasteiger charge is 2.28. The molecule has 37 heavy (non-hydrogen) atoms. The van der Waals surface area contributed by atoms with E-state index in [9.17, 15) is 9.59 Å². The minimum absolute atomic E-state index is 0.0535. The normalized spacial score (nSPS) is 16.9. The summed E-state index contributed by atoms with van der Waals surface area (Å²) in [5.41, 5.74) is 1.95. The van der Waals surface area contributed by atoms with Crippen molar-refractivity contribution in [3.05, 3.63) is 43.7 Å². The largest absolute Gasteiger partial charge is 0.490 e. The van der Waals surface area contributed by atoms with E-state index in [0.29, 0.717) is 45.1 Å². The van der Waals surface area contributed by atoms with E-state index in [1.165, 1.54) is 35.5 Å². The van der Waals surface area contributed by atoms with Crippen LogP contribution in [0.5, 0.6) is 5.75 Å². The first-order chi connectivity index (χ1) is 18.0. The Labute approximate surface area is 233 Å². The molecule has 4 rings (SSSR count). The van der Waals surface area contributed by atoms with Crippen molar-refractivity contribution >= 4 is 51.4 Å². The van der Waals surface area contributed by atoms with E-state index < -0.39 is 0 Å². The Kier molecular flexibility index (Phi) is 10.5. The fourth-order valence-corrected chi connectivity index (χ4v) is 6.76. The standard InChI is InChI=1S/C28H36Cl2N2O4S/c1-2-3-4-5-8-13-36-25-21(29)15-18(16-22(25)30)26(33)32-28-24(20-11-6-7-12-23(20)37-28)27(34)31-17-19-10-9-14-35-19/h15-16,19H,2-14,17H2,1H3,(H,31,34)(H,32,33). The molecule has 1 aliphatic carbocycles. The van der Waals surface area contributed by atoms with Crippen LogP contribution in [0.2, 0.25) is 10.0 Å². The Balaban J connectivity index is 1.45. The second-order valence-electron chi connectivity index (χ2n) is 9.75. The van der Waals surface area contributed by atoms with Crippen LogP contribution in [0.4, 0.5) is 5.00 Å². The lowest BCUT2D eigenvalue weighted by molar-refractivity contribution is 0.0858. The second kappa shape index (κ2) is 13.8. The zero-order valence-electron chi connectivity index (χ0n) is 21.4. The fraction of sp³-hybridized carbons (Fsp3) is 0.571. The van der Waals surface area contributed by atoms with Crippen LogP contribution in [0.3, 0.4) is 0 Å². The Hall–Kier alpha value is -1.80. The topological polar surface area (TPSA) is 76.7 Å². The van der Waals surface area contributed by atoms with Gasteiger partial charge in [0, 0.05) is 23.6 Å². The molecule has 2 aromatic rings. The minimum Gasteiger partial charge on any atom is -0.490 e. The van der Waals surface area contributed by atoms with Crippen LogP contribution < -0.4 is 15.4 Å². The van der Waals surface area contributed by atoms with Crippen LogP contribution in [0.15, 0.2) is 12.1 Å². The van der Waals surface area contributed by atoms with Crippen LogP contribution in [-0.2, 0) is 17.6 Å². The van der Waals surface area contributed by atoms with Crippen molar-refractivity contribution in [2.75, 3.05) is 25.1 Å². The first-order valence-corrected chi connectivity index (χ1v) is 15.0. The lowest BCUT2D eigenvalue weighted by atomic mass is 9.95. The van der Waals surface area contributed by atoms with E-state index in [0.717, 1.165) is 63.5 Å². The molecule has 6 nitrogen and oxygen atoms in total. The lowest BCUT2D eigenvalue weighted by Crippen LogP contribution is -2.32. The first-order valence-electron chi connectivity index (χ1n) is 13.5. The number of halogens is 2. The number of nitrogens with one attached hydrogen (secondary N) is 2. The maximum atomic E-state index is 13.2. The number of carbonyl (C=O) groups excluding carboxylic acids is 2. The maximum absolute atomic E-state index is 13.2. The number of fused-ring (bicyclic) bond motifs is 1. The number of aryl methyl sites for hydroxylation is 1. The summed E-state index contributed by atoms with van der Waals surface area (Å²) in [5.74, 6) is -0.123. The molecule has 2 heterocycles. The number of hydrogen-bond acceptors (Lipinski definition) is 5. The van der Waals surface area contributed by atoms with Gasteiger partial charge in [-0.05, 0) is 62.6 Å². The molecule has 0 bridgehead atoms. The third kappa shape index (κ3) is 7.41. The van der Waals surface area contributed by atoms with Gasteiger partial charge in [0.05, 0.1) is 28.3 Å². The average Bonchev–Trinajstić information content (AvgIpc) is 3.53. The summed E-state index contributed by atoms with van der Waals surface area (Å²) in [5, 5.41) is 7.16. The Morgan fingerprint density at radius 2 is 1.81 bits per heavy atom. The van der Waals surface area contributed by atoms with Crippen molar-refractivity contribution in [3.8, 4) is 5.75 Å². The number of hydrogen-bond donors (Lipinski definition) is 2.